The van der Waals surface area contributed by atoms with Crippen molar-refractivity contribution >= 4 is 5.82 Å². The van der Waals surface area contributed by atoms with Gasteiger partial charge in [0.1, 0.15) is 11.6 Å². The first kappa shape index (κ1) is 18.1. The van der Waals surface area contributed by atoms with Crippen LogP contribution in [0.1, 0.15) is 16.7 Å². The Kier molecular flexibility index (Phi) is 4.99. The van der Waals surface area contributed by atoms with Crippen molar-refractivity contribution in [1.29, 1.82) is 0 Å². The number of aromatic nitrogens is 2. The molecule has 0 radical (unpaired) electrons. The molecule has 0 atom stereocenters. The first-order valence-electron chi connectivity index (χ1n) is 9.13. The lowest BCUT2D eigenvalue weighted by molar-refractivity contribution is 0.262. The molecule has 0 aliphatic carbocycles. The third kappa shape index (κ3) is 3.70. The van der Waals surface area contributed by atoms with Gasteiger partial charge in [-0.15, -0.1) is 0 Å². The Hall–Kier alpha value is -3.32. The second-order valence-electron chi connectivity index (χ2n) is 6.83. The van der Waals surface area contributed by atoms with Crippen molar-refractivity contribution in [2.75, 3.05) is 19.1 Å². The fourth-order valence-corrected chi connectivity index (χ4v) is 3.44. The van der Waals surface area contributed by atoms with Crippen LogP contribution in [0.5, 0.6) is 5.75 Å². The van der Waals surface area contributed by atoms with E-state index in [1.54, 1.807) is 11.7 Å². The van der Waals surface area contributed by atoms with Gasteiger partial charge in [0.25, 0.3) is 5.56 Å². The lowest BCUT2D eigenvalue weighted by Crippen LogP contribution is -2.43. The van der Waals surface area contributed by atoms with Crippen molar-refractivity contribution in [2.45, 2.75) is 19.6 Å². The number of nitrogens with one attached hydrogen (secondary N) is 2. The van der Waals surface area contributed by atoms with E-state index in [0.717, 1.165) is 17.9 Å². The number of methoxy groups -OCH3 is 1. The number of anilines is 1. The molecule has 2 aromatic carbocycles. The van der Waals surface area contributed by atoms with E-state index >= 15 is 0 Å². The SMILES string of the molecule is COc1ccc(Cn2c3c(c(=O)[nH]c2=O)CN(Cc2ccccc2)CN3)cc1. The number of fused-ring (bicyclic) bond motifs is 1. The predicted molar refractivity (Wildman–Crippen MR) is 108 cm³/mol. The highest BCUT2D eigenvalue weighted by atomic mass is 16.5. The van der Waals surface area contributed by atoms with Crippen LogP contribution in [0.15, 0.2) is 64.2 Å². The number of hydrogen-bond donors (Lipinski definition) is 2. The molecule has 3 aromatic rings. The molecule has 1 aliphatic heterocycles. The molecule has 0 saturated heterocycles. The third-order valence-electron chi connectivity index (χ3n) is 4.90. The molecule has 0 saturated carbocycles. The Labute approximate surface area is 162 Å². The number of aromatic amines is 1. The summed E-state index contributed by atoms with van der Waals surface area (Å²) >= 11 is 0. The van der Waals surface area contributed by atoms with Crippen LogP contribution < -0.4 is 21.3 Å². The highest BCUT2D eigenvalue weighted by molar-refractivity contribution is 5.46. The monoisotopic (exact) mass is 378 g/mol. The lowest BCUT2D eigenvalue weighted by atomic mass is 10.1. The maximum absolute atomic E-state index is 12.4. The highest BCUT2D eigenvalue weighted by Crippen LogP contribution is 2.20. The first-order chi connectivity index (χ1) is 13.6. The Morgan fingerprint density at radius 3 is 2.39 bits per heavy atom. The molecule has 1 aromatic heterocycles. The molecular formula is C21H22N4O3. The molecule has 7 nitrogen and oxygen atoms in total. The minimum atomic E-state index is -0.413. The van der Waals surface area contributed by atoms with Gasteiger partial charge < -0.3 is 10.1 Å². The molecule has 2 heterocycles. The van der Waals surface area contributed by atoms with E-state index in [-0.39, 0.29) is 5.56 Å². The molecule has 0 fully saturated rings. The number of ether oxygens (including phenoxy) is 1. The molecule has 7 heteroatoms. The van der Waals surface area contributed by atoms with Crippen LogP contribution in [-0.4, -0.2) is 28.2 Å². The molecule has 1 aliphatic rings. The van der Waals surface area contributed by atoms with Crippen molar-refractivity contribution < 1.29 is 4.74 Å². The van der Waals surface area contributed by atoms with Gasteiger partial charge in [-0.3, -0.25) is 19.2 Å². The van der Waals surface area contributed by atoms with E-state index in [1.165, 1.54) is 5.56 Å². The molecule has 0 spiro atoms. The zero-order valence-electron chi connectivity index (χ0n) is 15.6. The Morgan fingerprint density at radius 1 is 0.964 bits per heavy atom. The minimum Gasteiger partial charge on any atom is -0.497 e. The molecule has 2 N–H and O–H groups in total. The third-order valence-corrected chi connectivity index (χ3v) is 4.90. The van der Waals surface area contributed by atoms with Crippen LogP contribution in [-0.2, 0) is 19.6 Å². The first-order valence-corrected chi connectivity index (χ1v) is 9.13. The molecule has 144 valence electrons. The Bertz CT molecular complexity index is 1070. The van der Waals surface area contributed by atoms with E-state index in [1.807, 2.05) is 42.5 Å². The van der Waals surface area contributed by atoms with Crippen molar-refractivity contribution in [3.63, 3.8) is 0 Å². The van der Waals surface area contributed by atoms with Crippen molar-refractivity contribution in [1.82, 2.24) is 14.5 Å². The van der Waals surface area contributed by atoms with Crippen LogP contribution in [0.4, 0.5) is 5.82 Å². The summed E-state index contributed by atoms with van der Waals surface area (Å²) in [5, 5.41) is 3.27. The molecule has 0 bridgehead atoms. The predicted octanol–water partition coefficient (Wildman–Crippen LogP) is 1.98. The van der Waals surface area contributed by atoms with Gasteiger partial charge >= 0.3 is 5.69 Å². The topological polar surface area (TPSA) is 79.4 Å². The maximum Gasteiger partial charge on any atom is 0.330 e. The largest absolute Gasteiger partial charge is 0.497 e. The van der Waals surface area contributed by atoms with Gasteiger partial charge in [-0.25, -0.2) is 4.79 Å². The summed E-state index contributed by atoms with van der Waals surface area (Å²) in [6, 6.07) is 17.6. The van der Waals surface area contributed by atoms with Gasteiger partial charge in [0.2, 0.25) is 0 Å². The van der Waals surface area contributed by atoms with Gasteiger partial charge in [-0.1, -0.05) is 42.5 Å². The number of hydrogen-bond acceptors (Lipinski definition) is 5. The fraction of sp³-hybridized carbons (Fsp3) is 0.238. The highest BCUT2D eigenvalue weighted by Gasteiger charge is 2.22. The quantitative estimate of drug-likeness (QED) is 0.710. The van der Waals surface area contributed by atoms with Gasteiger partial charge in [0.15, 0.2) is 0 Å². The number of H-pyrrole nitrogens is 1. The Morgan fingerprint density at radius 2 is 1.68 bits per heavy atom. The zero-order valence-corrected chi connectivity index (χ0v) is 15.6. The average molecular weight is 378 g/mol. The standard InChI is InChI=1S/C21H22N4O3/c1-28-17-9-7-16(8-10-17)12-25-19-18(20(26)23-21(25)27)13-24(14-22-19)11-15-5-3-2-4-6-15/h2-10,22H,11-14H2,1H3,(H,23,26,27). The van der Waals surface area contributed by atoms with E-state index in [0.29, 0.717) is 31.1 Å². The normalized spacial score (nSPS) is 13.6. The van der Waals surface area contributed by atoms with E-state index in [9.17, 15) is 9.59 Å². The van der Waals surface area contributed by atoms with Crippen molar-refractivity contribution in [3.8, 4) is 5.75 Å². The van der Waals surface area contributed by atoms with Gasteiger partial charge in [0.05, 0.1) is 25.9 Å². The van der Waals surface area contributed by atoms with Crippen molar-refractivity contribution in [2.24, 2.45) is 0 Å². The molecule has 28 heavy (non-hydrogen) atoms. The van der Waals surface area contributed by atoms with Crippen LogP contribution in [0.25, 0.3) is 0 Å². The maximum atomic E-state index is 12.4. The summed E-state index contributed by atoms with van der Waals surface area (Å²) in [6.07, 6.45) is 0. The summed E-state index contributed by atoms with van der Waals surface area (Å²) < 4.78 is 6.76. The summed E-state index contributed by atoms with van der Waals surface area (Å²) in [6.45, 7) is 2.14. The average Bonchev–Trinajstić information content (AvgIpc) is 2.72. The summed E-state index contributed by atoms with van der Waals surface area (Å²) in [4.78, 5) is 29.4. The second kappa shape index (κ2) is 7.74. The van der Waals surface area contributed by atoms with Gasteiger partial charge in [-0.05, 0) is 23.3 Å². The lowest BCUT2D eigenvalue weighted by Gasteiger charge is -2.30. The molecular weight excluding hydrogens is 356 g/mol. The summed E-state index contributed by atoms with van der Waals surface area (Å²) in [7, 11) is 1.61. The van der Waals surface area contributed by atoms with Crippen LogP contribution in [0.3, 0.4) is 0 Å². The van der Waals surface area contributed by atoms with Crippen LogP contribution >= 0.6 is 0 Å². The van der Waals surface area contributed by atoms with E-state index in [4.69, 9.17) is 4.74 Å². The van der Waals surface area contributed by atoms with Gasteiger partial charge in [-0.2, -0.15) is 0 Å². The van der Waals surface area contributed by atoms with E-state index in [2.05, 4.69) is 27.3 Å². The zero-order chi connectivity index (χ0) is 19.5. The van der Waals surface area contributed by atoms with Crippen LogP contribution in [0.2, 0.25) is 0 Å². The number of nitrogens with zero attached hydrogens (tertiary/aromatic N) is 2. The molecule has 0 amide bonds. The smallest absolute Gasteiger partial charge is 0.330 e. The molecule has 4 rings (SSSR count). The fourth-order valence-electron chi connectivity index (χ4n) is 3.44. The second-order valence-corrected chi connectivity index (χ2v) is 6.83. The van der Waals surface area contributed by atoms with Crippen LogP contribution in [0, 0.1) is 0 Å². The van der Waals surface area contributed by atoms with Crippen molar-refractivity contribution in [3.05, 3.63) is 92.1 Å². The van der Waals surface area contributed by atoms with E-state index < -0.39 is 5.69 Å². The van der Waals surface area contributed by atoms with Gasteiger partial charge in [0, 0.05) is 13.1 Å². The minimum absolute atomic E-state index is 0.337. The summed E-state index contributed by atoms with van der Waals surface area (Å²) in [5.74, 6) is 1.35. The number of benzene rings is 2. The summed E-state index contributed by atoms with van der Waals surface area (Å²) in [5.41, 5.74) is 1.96. The number of rotatable bonds is 5. The molecule has 0 unspecified atom stereocenters. The Balaban J connectivity index is 1.61.